The third-order valence-electron chi connectivity index (χ3n) is 2.40. The molecule has 7 heteroatoms. The molecule has 1 aromatic rings. The van der Waals surface area contributed by atoms with Crippen LogP contribution in [0.3, 0.4) is 0 Å². The summed E-state index contributed by atoms with van der Waals surface area (Å²) in [5.74, 6) is -0.168. The Morgan fingerprint density at radius 3 is 2.56 bits per heavy atom. The summed E-state index contributed by atoms with van der Waals surface area (Å²) in [7, 11) is 4.55. The monoisotopic (exact) mass is 272 g/mol. The first-order chi connectivity index (χ1) is 8.38. The van der Waals surface area contributed by atoms with E-state index in [1.54, 1.807) is 14.1 Å². The Balaban J connectivity index is 3.17. The molecule has 0 aromatic heterocycles. The van der Waals surface area contributed by atoms with E-state index in [1.807, 2.05) is 0 Å². The first kappa shape index (κ1) is 14.2. The lowest BCUT2D eigenvalue weighted by atomic mass is 10.1. The van der Waals surface area contributed by atoms with Gasteiger partial charge in [0.1, 0.15) is 0 Å². The van der Waals surface area contributed by atoms with Crippen LogP contribution in [0, 0.1) is 10.1 Å². The maximum Gasteiger partial charge on any atom is 0.312 e. The fraction of sp³-hybridized carbons (Fsp3) is 0.364. The van der Waals surface area contributed by atoms with Crippen molar-refractivity contribution in [2.45, 2.75) is 6.42 Å². The van der Waals surface area contributed by atoms with Crippen LogP contribution in [-0.2, 0) is 11.2 Å². The van der Waals surface area contributed by atoms with Crippen molar-refractivity contribution in [3.8, 4) is 5.75 Å². The number of hydrogen-bond donors (Lipinski definition) is 0. The average molecular weight is 273 g/mol. The number of ether oxygens (including phenoxy) is 1. The number of carbonyl (C=O) groups excluding carboxylic acids is 1. The molecule has 98 valence electrons. The second-order valence-corrected chi connectivity index (χ2v) is 4.19. The molecular weight excluding hydrogens is 260 g/mol. The molecule has 0 aliphatic carbocycles. The van der Waals surface area contributed by atoms with Crippen molar-refractivity contribution in [3.05, 3.63) is 32.8 Å². The number of benzene rings is 1. The molecule has 0 N–H and O–H groups in total. The first-order valence-corrected chi connectivity index (χ1v) is 5.46. The summed E-state index contributed by atoms with van der Waals surface area (Å²) in [6.45, 7) is 0. The number of amides is 1. The van der Waals surface area contributed by atoms with E-state index in [4.69, 9.17) is 16.3 Å². The third kappa shape index (κ3) is 2.89. The highest BCUT2D eigenvalue weighted by atomic mass is 35.5. The molecule has 0 atom stereocenters. The zero-order chi connectivity index (χ0) is 13.9. The first-order valence-electron chi connectivity index (χ1n) is 5.08. The lowest BCUT2D eigenvalue weighted by Crippen LogP contribution is -2.23. The van der Waals surface area contributed by atoms with Gasteiger partial charge in [0.15, 0.2) is 0 Å². The minimum atomic E-state index is -0.581. The van der Waals surface area contributed by atoms with Crippen molar-refractivity contribution < 1.29 is 14.5 Å². The Bertz CT molecular complexity index is 488. The molecule has 6 nitrogen and oxygen atoms in total. The van der Waals surface area contributed by atoms with Gasteiger partial charge in [-0.1, -0.05) is 11.6 Å². The second kappa shape index (κ2) is 5.68. The van der Waals surface area contributed by atoms with E-state index >= 15 is 0 Å². The van der Waals surface area contributed by atoms with E-state index in [2.05, 4.69) is 0 Å². The van der Waals surface area contributed by atoms with Gasteiger partial charge in [0, 0.05) is 20.2 Å². The molecule has 0 unspecified atom stereocenters. The molecule has 0 heterocycles. The van der Waals surface area contributed by atoms with E-state index in [0.717, 1.165) is 0 Å². The molecular formula is C11H13ClN2O4. The molecule has 1 rings (SSSR count). The Hall–Kier alpha value is -1.82. The van der Waals surface area contributed by atoms with Crippen LogP contribution in [0.15, 0.2) is 12.1 Å². The number of methoxy groups -OCH3 is 1. The topological polar surface area (TPSA) is 72.7 Å². The van der Waals surface area contributed by atoms with Crippen LogP contribution in [0.2, 0.25) is 5.02 Å². The molecule has 0 bridgehead atoms. The number of likely N-dealkylation sites (N-methyl/N-ethyl adjacent to an activating group) is 1. The molecule has 18 heavy (non-hydrogen) atoms. The molecule has 0 aliphatic heterocycles. The molecule has 0 saturated carbocycles. The molecule has 0 radical (unpaired) electrons. The summed E-state index contributed by atoms with van der Waals surface area (Å²) in [6, 6.07) is 2.74. The highest BCUT2D eigenvalue weighted by Crippen LogP contribution is 2.37. The van der Waals surface area contributed by atoms with Crippen molar-refractivity contribution in [3.63, 3.8) is 0 Å². The van der Waals surface area contributed by atoms with E-state index in [1.165, 1.54) is 24.1 Å². The number of nitro groups is 1. The average Bonchev–Trinajstić information content (AvgIpc) is 2.30. The van der Waals surface area contributed by atoms with Gasteiger partial charge in [-0.15, -0.1) is 0 Å². The van der Waals surface area contributed by atoms with Crippen molar-refractivity contribution in [1.29, 1.82) is 0 Å². The van der Waals surface area contributed by atoms with E-state index < -0.39 is 4.92 Å². The third-order valence-corrected chi connectivity index (χ3v) is 2.81. The van der Waals surface area contributed by atoms with E-state index in [9.17, 15) is 14.9 Å². The van der Waals surface area contributed by atoms with Crippen molar-refractivity contribution in [2.24, 2.45) is 0 Å². The SMILES string of the molecule is COc1c([N+](=O)[O-])ccc(CC(=O)N(C)C)c1Cl. The van der Waals surface area contributed by atoms with Crippen molar-refractivity contribution in [2.75, 3.05) is 21.2 Å². The number of nitrogens with zero attached hydrogens (tertiary/aromatic N) is 2. The zero-order valence-corrected chi connectivity index (χ0v) is 11.0. The lowest BCUT2D eigenvalue weighted by Gasteiger charge is -2.12. The molecule has 0 saturated heterocycles. The molecule has 1 amide bonds. The molecule has 1 aromatic carbocycles. The Kier molecular flexibility index (Phi) is 4.49. The van der Waals surface area contributed by atoms with Gasteiger partial charge in [0.25, 0.3) is 0 Å². The molecule has 0 aliphatic rings. The minimum absolute atomic E-state index is 0.0225. The van der Waals surface area contributed by atoms with E-state index in [0.29, 0.717) is 5.56 Å². The Morgan fingerprint density at radius 1 is 1.50 bits per heavy atom. The second-order valence-electron chi connectivity index (χ2n) is 3.81. The van der Waals surface area contributed by atoms with Crippen LogP contribution < -0.4 is 4.74 Å². The van der Waals surface area contributed by atoms with Gasteiger partial charge in [-0.25, -0.2) is 0 Å². The van der Waals surface area contributed by atoms with Crippen LogP contribution in [-0.4, -0.2) is 36.9 Å². The van der Waals surface area contributed by atoms with Crippen LogP contribution >= 0.6 is 11.6 Å². The van der Waals surface area contributed by atoms with Gasteiger partial charge in [0.05, 0.1) is 23.5 Å². The number of carbonyl (C=O) groups is 1. The fourth-order valence-corrected chi connectivity index (χ4v) is 1.69. The quantitative estimate of drug-likeness (QED) is 0.620. The van der Waals surface area contributed by atoms with Crippen LogP contribution in [0.5, 0.6) is 5.75 Å². The summed E-state index contributed by atoms with van der Waals surface area (Å²) >= 11 is 6.01. The molecule has 0 spiro atoms. The zero-order valence-electron chi connectivity index (χ0n) is 10.3. The van der Waals surface area contributed by atoms with Crippen LogP contribution in [0.1, 0.15) is 5.56 Å². The van der Waals surface area contributed by atoms with E-state index in [-0.39, 0.29) is 28.8 Å². The fourth-order valence-electron chi connectivity index (χ4n) is 1.38. The largest absolute Gasteiger partial charge is 0.489 e. The van der Waals surface area contributed by atoms with Crippen molar-refractivity contribution in [1.82, 2.24) is 4.90 Å². The summed E-state index contributed by atoms with van der Waals surface area (Å²) in [6.07, 6.45) is 0.0696. The summed E-state index contributed by atoms with van der Waals surface area (Å²) in [5, 5.41) is 10.9. The Morgan fingerprint density at radius 2 is 2.11 bits per heavy atom. The van der Waals surface area contributed by atoms with Gasteiger partial charge in [0.2, 0.25) is 11.7 Å². The van der Waals surface area contributed by atoms with Crippen molar-refractivity contribution >= 4 is 23.2 Å². The summed E-state index contributed by atoms with van der Waals surface area (Å²) < 4.78 is 4.92. The van der Waals surface area contributed by atoms with Crippen LogP contribution in [0.25, 0.3) is 0 Å². The van der Waals surface area contributed by atoms with Gasteiger partial charge in [-0.3, -0.25) is 14.9 Å². The summed E-state index contributed by atoms with van der Waals surface area (Å²) in [4.78, 5) is 23.2. The predicted molar refractivity (Wildman–Crippen MR) is 67.1 cm³/mol. The Labute approximate surface area is 109 Å². The highest BCUT2D eigenvalue weighted by molar-refractivity contribution is 6.33. The maximum absolute atomic E-state index is 11.6. The predicted octanol–water partition coefficient (Wildman–Crippen LogP) is 1.89. The normalized spacial score (nSPS) is 10.0. The molecule has 0 fully saturated rings. The number of halogens is 1. The smallest absolute Gasteiger partial charge is 0.312 e. The standard InChI is InChI=1S/C11H13ClN2O4/c1-13(2)9(15)6-7-4-5-8(14(16)17)11(18-3)10(7)12/h4-5H,6H2,1-3H3. The van der Waals surface area contributed by atoms with Gasteiger partial charge >= 0.3 is 5.69 Å². The van der Waals surface area contributed by atoms with Gasteiger partial charge in [-0.2, -0.15) is 0 Å². The number of rotatable bonds is 4. The highest BCUT2D eigenvalue weighted by Gasteiger charge is 2.21. The number of nitro benzene ring substituents is 1. The minimum Gasteiger partial charge on any atom is -0.489 e. The van der Waals surface area contributed by atoms with Gasteiger partial charge < -0.3 is 9.64 Å². The summed E-state index contributed by atoms with van der Waals surface area (Å²) in [5.41, 5.74) is 0.279. The number of hydrogen-bond acceptors (Lipinski definition) is 4. The van der Waals surface area contributed by atoms with Gasteiger partial charge in [-0.05, 0) is 11.6 Å². The lowest BCUT2D eigenvalue weighted by molar-refractivity contribution is -0.385. The van der Waals surface area contributed by atoms with Crippen LogP contribution in [0.4, 0.5) is 5.69 Å². The maximum atomic E-state index is 11.6.